The summed E-state index contributed by atoms with van der Waals surface area (Å²) in [5, 5.41) is 7.98. The van der Waals surface area contributed by atoms with Crippen LogP contribution in [0.2, 0.25) is 0 Å². The van der Waals surface area contributed by atoms with Crippen molar-refractivity contribution in [3.63, 3.8) is 0 Å². The van der Waals surface area contributed by atoms with Crippen LogP contribution in [0.25, 0.3) is 5.69 Å². The second-order valence-electron chi connectivity index (χ2n) is 5.94. The van der Waals surface area contributed by atoms with Crippen molar-refractivity contribution in [3.8, 4) is 5.69 Å². The third kappa shape index (κ3) is 2.15. The molecule has 1 N–H and O–H groups in total. The standard InChI is InChI=1S/C16H20N4/c1-2-4-15(5-3-1)20-16(6-7-18-20)12-19-10-13-8-17-9-14(13)11-19/h1-7,13-14,17H,8-12H2/t13-,14+. The molecule has 0 amide bonds. The maximum absolute atomic E-state index is 4.48. The first-order valence-corrected chi connectivity index (χ1v) is 7.41. The van der Waals surface area contributed by atoms with Crippen LogP contribution < -0.4 is 5.32 Å². The fraction of sp³-hybridized carbons (Fsp3) is 0.438. The summed E-state index contributed by atoms with van der Waals surface area (Å²) >= 11 is 0. The van der Waals surface area contributed by atoms with Crippen LogP contribution in [-0.4, -0.2) is 40.9 Å². The molecular formula is C16H20N4. The minimum atomic E-state index is 0.850. The van der Waals surface area contributed by atoms with Crippen LogP contribution >= 0.6 is 0 Å². The molecule has 4 rings (SSSR count). The number of benzene rings is 1. The quantitative estimate of drug-likeness (QED) is 0.916. The molecule has 2 aliphatic heterocycles. The lowest BCUT2D eigenvalue weighted by Crippen LogP contribution is -2.26. The minimum absolute atomic E-state index is 0.850. The van der Waals surface area contributed by atoms with Gasteiger partial charge in [-0.25, -0.2) is 4.68 Å². The van der Waals surface area contributed by atoms with E-state index in [1.54, 1.807) is 0 Å². The molecule has 1 aromatic heterocycles. The zero-order valence-electron chi connectivity index (χ0n) is 11.6. The SMILES string of the molecule is c1ccc(-n2nccc2CN2C[C@H]3CNC[C@H]3C2)cc1. The van der Waals surface area contributed by atoms with Gasteiger partial charge in [0.1, 0.15) is 0 Å². The molecule has 0 saturated carbocycles. The van der Waals surface area contributed by atoms with E-state index < -0.39 is 0 Å². The van der Waals surface area contributed by atoms with Gasteiger partial charge in [0.2, 0.25) is 0 Å². The molecule has 2 fully saturated rings. The van der Waals surface area contributed by atoms with Gasteiger partial charge in [0.25, 0.3) is 0 Å². The Balaban J connectivity index is 1.52. The summed E-state index contributed by atoms with van der Waals surface area (Å²) in [4.78, 5) is 2.58. The first kappa shape index (κ1) is 12.1. The summed E-state index contributed by atoms with van der Waals surface area (Å²) in [7, 11) is 0. The van der Waals surface area contributed by atoms with Gasteiger partial charge in [-0.1, -0.05) is 18.2 Å². The van der Waals surface area contributed by atoms with Crippen molar-refractivity contribution >= 4 is 0 Å². The summed E-state index contributed by atoms with van der Waals surface area (Å²) < 4.78 is 2.06. The second kappa shape index (κ2) is 5.04. The zero-order chi connectivity index (χ0) is 13.4. The first-order valence-electron chi connectivity index (χ1n) is 7.41. The Morgan fingerprint density at radius 2 is 1.80 bits per heavy atom. The zero-order valence-corrected chi connectivity index (χ0v) is 11.6. The summed E-state index contributed by atoms with van der Waals surface area (Å²) in [5.74, 6) is 1.70. The van der Waals surface area contributed by atoms with Gasteiger partial charge in [-0.15, -0.1) is 0 Å². The van der Waals surface area contributed by atoms with Crippen LogP contribution in [-0.2, 0) is 6.54 Å². The smallest absolute Gasteiger partial charge is 0.0649 e. The van der Waals surface area contributed by atoms with Crippen LogP contribution in [0.5, 0.6) is 0 Å². The number of fused-ring (bicyclic) bond motifs is 1. The van der Waals surface area contributed by atoms with Gasteiger partial charge in [-0.05, 0) is 43.1 Å². The Hall–Kier alpha value is -1.65. The second-order valence-corrected chi connectivity index (χ2v) is 5.94. The Bertz CT molecular complexity index is 565. The number of aromatic nitrogens is 2. The predicted octanol–water partition coefficient (Wildman–Crippen LogP) is 1.52. The van der Waals surface area contributed by atoms with E-state index in [0.717, 1.165) is 24.1 Å². The molecule has 4 heteroatoms. The summed E-state index contributed by atoms with van der Waals surface area (Å²) in [6.07, 6.45) is 1.90. The monoisotopic (exact) mass is 268 g/mol. The van der Waals surface area contributed by atoms with Crippen molar-refractivity contribution in [3.05, 3.63) is 48.3 Å². The molecular weight excluding hydrogens is 248 g/mol. The Morgan fingerprint density at radius 1 is 1.05 bits per heavy atom. The average molecular weight is 268 g/mol. The number of nitrogens with zero attached hydrogens (tertiary/aromatic N) is 3. The molecule has 2 atom stereocenters. The predicted molar refractivity (Wildman–Crippen MR) is 78.7 cm³/mol. The lowest BCUT2D eigenvalue weighted by molar-refractivity contribution is 0.299. The molecule has 0 spiro atoms. The maximum atomic E-state index is 4.48. The fourth-order valence-electron chi connectivity index (χ4n) is 3.56. The molecule has 0 bridgehead atoms. The van der Waals surface area contributed by atoms with Crippen LogP contribution in [0.3, 0.4) is 0 Å². The highest BCUT2D eigenvalue weighted by atomic mass is 15.3. The molecule has 4 nitrogen and oxygen atoms in total. The molecule has 0 unspecified atom stereocenters. The number of likely N-dealkylation sites (tertiary alicyclic amines) is 1. The van der Waals surface area contributed by atoms with E-state index in [1.165, 1.54) is 31.9 Å². The van der Waals surface area contributed by atoms with Gasteiger partial charge >= 0.3 is 0 Å². The van der Waals surface area contributed by atoms with Gasteiger partial charge in [0, 0.05) is 25.8 Å². The van der Waals surface area contributed by atoms with Gasteiger partial charge < -0.3 is 5.32 Å². The third-order valence-corrected chi connectivity index (χ3v) is 4.57. The molecule has 2 aromatic rings. The normalized spacial score (nSPS) is 26.0. The molecule has 3 heterocycles. The molecule has 20 heavy (non-hydrogen) atoms. The first-order chi connectivity index (χ1) is 9.90. The van der Waals surface area contributed by atoms with Crippen LogP contribution in [0.1, 0.15) is 5.69 Å². The fourth-order valence-corrected chi connectivity index (χ4v) is 3.56. The number of para-hydroxylation sites is 1. The van der Waals surface area contributed by atoms with Gasteiger partial charge in [0.15, 0.2) is 0 Å². The lowest BCUT2D eigenvalue weighted by atomic mass is 10.0. The van der Waals surface area contributed by atoms with Crippen molar-refractivity contribution in [2.24, 2.45) is 11.8 Å². The van der Waals surface area contributed by atoms with Crippen molar-refractivity contribution in [2.75, 3.05) is 26.2 Å². The van der Waals surface area contributed by atoms with Gasteiger partial charge in [0.05, 0.1) is 11.4 Å². The van der Waals surface area contributed by atoms with Crippen LogP contribution in [0, 0.1) is 11.8 Å². The van der Waals surface area contributed by atoms with E-state index in [0.29, 0.717) is 0 Å². The molecule has 0 radical (unpaired) electrons. The van der Waals surface area contributed by atoms with Crippen molar-refractivity contribution in [2.45, 2.75) is 6.54 Å². The Labute approximate surface area is 119 Å². The third-order valence-electron chi connectivity index (χ3n) is 4.57. The van der Waals surface area contributed by atoms with E-state index in [1.807, 2.05) is 12.3 Å². The number of rotatable bonds is 3. The maximum Gasteiger partial charge on any atom is 0.0649 e. The van der Waals surface area contributed by atoms with Crippen molar-refractivity contribution in [1.82, 2.24) is 20.0 Å². The average Bonchev–Trinajstić information content (AvgIpc) is 3.15. The number of hydrogen-bond acceptors (Lipinski definition) is 3. The van der Waals surface area contributed by atoms with E-state index >= 15 is 0 Å². The molecule has 2 aliphatic rings. The molecule has 0 aliphatic carbocycles. The van der Waals surface area contributed by atoms with E-state index in [9.17, 15) is 0 Å². The van der Waals surface area contributed by atoms with Gasteiger partial charge in [-0.2, -0.15) is 5.10 Å². The minimum Gasteiger partial charge on any atom is -0.316 e. The highest BCUT2D eigenvalue weighted by molar-refractivity contribution is 5.32. The van der Waals surface area contributed by atoms with Crippen molar-refractivity contribution < 1.29 is 0 Å². The van der Waals surface area contributed by atoms with E-state index in [-0.39, 0.29) is 0 Å². The molecule has 2 saturated heterocycles. The topological polar surface area (TPSA) is 33.1 Å². The van der Waals surface area contributed by atoms with Crippen molar-refractivity contribution in [1.29, 1.82) is 0 Å². The van der Waals surface area contributed by atoms with Crippen LogP contribution in [0.15, 0.2) is 42.6 Å². The van der Waals surface area contributed by atoms with Gasteiger partial charge in [-0.3, -0.25) is 4.90 Å². The Kier molecular flexibility index (Phi) is 3.05. The summed E-state index contributed by atoms with van der Waals surface area (Å²) in [5.41, 5.74) is 2.43. The summed E-state index contributed by atoms with van der Waals surface area (Å²) in [6.45, 7) is 5.83. The lowest BCUT2D eigenvalue weighted by Gasteiger charge is -2.17. The molecule has 104 valence electrons. The highest BCUT2D eigenvalue weighted by Gasteiger charge is 2.36. The summed E-state index contributed by atoms with van der Waals surface area (Å²) in [6, 6.07) is 12.5. The van der Waals surface area contributed by atoms with Crippen LogP contribution in [0.4, 0.5) is 0 Å². The molecule has 1 aromatic carbocycles. The van der Waals surface area contributed by atoms with E-state index in [4.69, 9.17) is 0 Å². The highest BCUT2D eigenvalue weighted by Crippen LogP contribution is 2.27. The van der Waals surface area contributed by atoms with E-state index in [2.05, 4.69) is 50.3 Å². The number of hydrogen-bond donors (Lipinski definition) is 1. The Morgan fingerprint density at radius 3 is 2.55 bits per heavy atom. The number of nitrogens with one attached hydrogen (secondary N) is 1. The largest absolute Gasteiger partial charge is 0.316 e.